The van der Waals surface area contributed by atoms with Gasteiger partial charge < -0.3 is 0 Å². The smallest absolute Gasteiger partial charge is 0.240 e. The van der Waals surface area contributed by atoms with Crippen molar-refractivity contribution in [3.8, 4) is 0 Å². The van der Waals surface area contributed by atoms with E-state index in [0.29, 0.717) is 0 Å². The van der Waals surface area contributed by atoms with E-state index in [1.165, 1.54) is 6.92 Å². The third-order valence-corrected chi connectivity index (χ3v) is 0.438. The second-order valence-corrected chi connectivity index (χ2v) is 1.82. The van der Waals surface area contributed by atoms with Gasteiger partial charge in [-0.25, -0.2) is 5.48 Å². The van der Waals surface area contributed by atoms with Crippen LogP contribution in [-0.4, -0.2) is 12.0 Å². The number of hydrogen-bond acceptors (Lipinski definition) is 2. The second kappa shape index (κ2) is 3.43. The third-order valence-electron chi connectivity index (χ3n) is 0.438. The summed E-state index contributed by atoms with van der Waals surface area (Å²) in [6.45, 7) is 5.09. The van der Waals surface area contributed by atoms with E-state index in [1.54, 1.807) is 0 Å². The van der Waals surface area contributed by atoms with Crippen molar-refractivity contribution in [3.63, 3.8) is 0 Å². The van der Waals surface area contributed by atoms with Crippen LogP contribution in [-0.2, 0) is 9.63 Å². The van der Waals surface area contributed by atoms with Gasteiger partial charge in [0.15, 0.2) is 0 Å². The molecule has 0 atom stereocenters. The Labute approximate surface area is 49.0 Å². The van der Waals surface area contributed by atoms with E-state index < -0.39 is 0 Å². The molecule has 0 bridgehead atoms. The van der Waals surface area contributed by atoms with Gasteiger partial charge in [-0.2, -0.15) is 0 Å². The summed E-state index contributed by atoms with van der Waals surface area (Å²) in [6.07, 6.45) is 0.0545. The van der Waals surface area contributed by atoms with Crippen molar-refractivity contribution in [2.24, 2.45) is 0 Å². The molecule has 1 N–H and O–H groups in total. The normalized spacial score (nSPS) is 9.50. The van der Waals surface area contributed by atoms with E-state index in [2.05, 4.69) is 5.48 Å². The molecule has 0 saturated heterocycles. The Kier molecular flexibility index (Phi) is 3.19. The molecule has 0 aromatic rings. The fraction of sp³-hybridized carbons (Fsp3) is 0.800. The van der Waals surface area contributed by atoms with Crippen LogP contribution in [0.5, 0.6) is 0 Å². The van der Waals surface area contributed by atoms with Crippen molar-refractivity contribution in [2.75, 3.05) is 0 Å². The number of hydrogen-bond donors (Lipinski definition) is 1. The summed E-state index contributed by atoms with van der Waals surface area (Å²) in [5, 5.41) is 0. The number of carbonyl (C=O) groups is 1. The average molecular weight is 117 g/mol. The highest BCUT2D eigenvalue weighted by Crippen LogP contribution is 1.80. The van der Waals surface area contributed by atoms with Crippen LogP contribution < -0.4 is 5.48 Å². The monoisotopic (exact) mass is 117 g/mol. The van der Waals surface area contributed by atoms with Gasteiger partial charge in [-0.1, -0.05) is 0 Å². The Hall–Kier alpha value is -0.570. The predicted octanol–water partition coefficient (Wildman–Crippen LogP) is 0.463. The quantitative estimate of drug-likeness (QED) is 0.534. The molecule has 0 aromatic carbocycles. The number of nitrogens with one attached hydrogen (secondary N) is 1. The van der Waals surface area contributed by atoms with Gasteiger partial charge >= 0.3 is 0 Å². The Bertz CT molecular complexity index is 80.5. The fourth-order valence-electron chi connectivity index (χ4n) is 0.201. The van der Waals surface area contributed by atoms with Gasteiger partial charge in [-0.3, -0.25) is 9.63 Å². The van der Waals surface area contributed by atoms with Crippen molar-refractivity contribution in [1.29, 1.82) is 0 Å². The van der Waals surface area contributed by atoms with Crippen molar-refractivity contribution in [2.45, 2.75) is 26.9 Å². The predicted molar refractivity (Wildman–Crippen MR) is 30.0 cm³/mol. The first kappa shape index (κ1) is 7.43. The highest BCUT2D eigenvalue weighted by atomic mass is 16.7. The summed E-state index contributed by atoms with van der Waals surface area (Å²) in [5.74, 6) is -0.168. The molecule has 0 saturated carbocycles. The zero-order valence-corrected chi connectivity index (χ0v) is 5.39. The highest BCUT2D eigenvalue weighted by Gasteiger charge is 1.92. The van der Waals surface area contributed by atoms with Crippen molar-refractivity contribution < 1.29 is 9.63 Å². The van der Waals surface area contributed by atoms with Crippen LogP contribution in [0.25, 0.3) is 0 Å². The van der Waals surface area contributed by atoms with Crippen LogP contribution in [0.15, 0.2) is 0 Å². The molecular weight excluding hydrogens is 106 g/mol. The molecule has 0 radical (unpaired) electrons. The molecule has 0 rings (SSSR count). The van der Waals surface area contributed by atoms with Crippen molar-refractivity contribution in [3.05, 3.63) is 0 Å². The minimum Gasteiger partial charge on any atom is -0.273 e. The van der Waals surface area contributed by atoms with Crippen LogP contribution in [0.4, 0.5) is 0 Å². The molecule has 0 fully saturated rings. The molecule has 48 valence electrons. The van der Waals surface area contributed by atoms with Crippen molar-refractivity contribution >= 4 is 5.91 Å². The number of amides is 1. The zero-order chi connectivity index (χ0) is 6.57. The van der Waals surface area contributed by atoms with Crippen LogP contribution in [0.2, 0.25) is 0 Å². The van der Waals surface area contributed by atoms with Gasteiger partial charge in [0.2, 0.25) is 5.91 Å². The van der Waals surface area contributed by atoms with Gasteiger partial charge in [0.25, 0.3) is 0 Å². The fourth-order valence-corrected chi connectivity index (χ4v) is 0.201. The Balaban J connectivity index is 3.05. The molecule has 0 spiro atoms. The van der Waals surface area contributed by atoms with E-state index in [0.717, 1.165) is 0 Å². The zero-order valence-electron chi connectivity index (χ0n) is 5.39. The topological polar surface area (TPSA) is 38.3 Å². The molecular formula is C5H11NO2. The van der Waals surface area contributed by atoms with E-state index >= 15 is 0 Å². The van der Waals surface area contributed by atoms with Crippen LogP contribution in [0.3, 0.4) is 0 Å². The third kappa shape index (κ3) is 5.43. The first-order valence-corrected chi connectivity index (χ1v) is 2.55. The van der Waals surface area contributed by atoms with Gasteiger partial charge in [-0.05, 0) is 13.8 Å². The standard InChI is InChI=1S/C5H11NO2/c1-4(2)8-6-5(3)7/h4H,1-3H3,(H,6,7). The largest absolute Gasteiger partial charge is 0.273 e. The van der Waals surface area contributed by atoms with Crippen molar-refractivity contribution in [1.82, 2.24) is 5.48 Å². The lowest BCUT2D eigenvalue weighted by Crippen LogP contribution is -2.23. The Morgan fingerprint density at radius 1 is 1.62 bits per heavy atom. The minimum absolute atomic E-state index is 0.0545. The molecule has 0 heterocycles. The molecule has 0 aliphatic carbocycles. The lowest BCUT2D eigenvalue weighted by Gasteiger charge is -2.04. The SMILES string of the molecule is CC(=O)NOC(C)C. The first-order chi connectivity index (χ1) is 3.63. The van der Waals surface area contributed by atoms with Crippen LogP contribution >= 0.6 is 0 Å². The first-order valence-electron chi connectivity index (χ1n) is 2.55. The molecule has 3 heteroatoms. The number of carbonyl (C=O) groups excluding carboxylic acids is 1. The van der Waals surface area contributed by atoms with E-state index in [1.807, 2.05) is 13.8 Å². The summed E-state index contributed by atoms with van der Waals surface area (Å²) in [6, 6.07) is 0. The number of hydroxylamine groups is 1. The molecule has 1 amide bonds. The van der Waals surface area contributed by atoms with Crippen LogP contribution in [0.1, 0.15) is 20.8 Å². The molecule has 3 nitrogen and oxygen atoms in total. The molecule has 0 aromatic heterocycles. The summed E-state index contributed by atoms with van der Waals surface area (Å²) in [5.41, 5.74) is 2.21. The maximum atomic E-state index is 10.1. The van der Waals surface area contributed by atoms with Crippen LogP contribution in [0, 0.1) is 0 Å². The molecule has 8 heavy (non-hydrogen) atoms. The van der Waals surface area contributed by atoms with Gasteiger partial charge in [-0.15, -0.1) is 0 Å². The van der Waals surface area contributed by atoms with E-state index in [4.69, 9.17) is 4.84 Å². The Morgan fingerprint density at radius 3 is 2.25 bits per heavy atom. The van der Waals surface area contributed by atoms with Gasteiger partial charge in [0, 0.05) is 6.92 Å². The summed E-state index contributed by atoms with van der Waals surface area (Å²) >= 11 is 0. The number of rotatable bonds is 2. The highest BCUT2D eigenvalue weighted by molar-refractivity contribution is 5.71. The van der Waals surface area contributed by atoms with E-state index in [-0.39, 0.29) is 12.0 Å². The second-order valence-electron chi connectivity index (χ2n) is 1.82. The van der Waals surface area contributed by atoms with Gasteiger partial charge in [0.05, 0.1) is 6.10 Å². The molecule has 0 unspecified atom stereocenters. The lowest BCUT2D eigenvalue weighted by molar-refractivity contribution is -0.134. The van der Waals surface area contributed by atoms with Gasteiger partial charge in [0.1, 0.15) is 0 Å². The average Bonchev–Trinajstić information content (AvgIpc) is 1.61. The summed E-state index contributed by atoms with van der Waals surface area (Å²) in [7, 11) is 0. The summed E-state index contributed by atoms with van der Waals surface area (Å²) in [4.78, 5) is 14.8. The maximum Gasteiger partial charge on any atom is 0.240 e. The lowest BCUT2D eigenvalue weighted by atomic mass is 10.5. The minimum atomic E-state index is -0.168. The molecule has 0 aliphatic rings. The van der Waals surface area contributed by atoms with E-state index in [9.17, 15) is 4.79 Å². The summed E-state index contributed by atoms with van der Waals surface area (Å²) < 4.78 is 0. The maximum absolute atomic E-state index is 10.1. The molecule has 0 aliphatic heterocycles. The Morgan fingerprint density at radius 2 is 2.12 bits per heavy atom.